The van der Waals surface area contributed by atoms with Crippen LogP contribution < -0.4 is 10.3 Å². The molecule has 1 N–H and O–H groups in total. The molecule has 146 valence electrons. The Labute approximate surface area is 165 Å². The summed E-state index contributed by atoms with van der Waals surface area (Å²) in [6.45, 7) is 8.08. The number of nitrogens with zero attached hydrogens (tertiary/aromatic N) is 3. The lowest BCUT2D eigenvalue weighted by molar-refractivity contribution is 0.0772. The van der Waals surface area contributed by atoms with Gasteiger partial charge in [0, 0.05) is 48.6 Å². The van der Waals surface area contributed by atoms with Crippen LogP contribution in [0.3, 0.4) is 0 Å². The quantitative estimate of drug-likeness (QED) is 0.826. The summed E-state index contributed by atoms with van der Waals surface area (Å²) >= 11 is 0. The van der Waals surface area contributed by atoms with Gasteiger partial charge in [0.05, 0.1) is 5.69 Å². The zero-order chi connectivity index (χ0) is 20.1. The Morgan fingerprint density at radius 1 is 1.07 bits per heavy atom. The zero-order valence-corrected chi connectivity index (χ0v) is 16.6. The first kappa shape index (κ1) is 19.6. The molecule has 0 aliphatic carbocycles. The highest BCUT2D eigenvalue weighted by Gasteiger charge is 2.15. The van der Waals surface area contributed by atoms with Crippen molar-refractivity contribution < 1.29 is 9.59 Å². The van der Waals surface area contributed by atoms with Crippen molar-refractivity contribution in [1.82, 2.24) is 4.90 Å². The van der Waals surface area contributed by atoms with Crippen molar-refractivity contribution in [1.29, 1.82) is 0 Å². The van der Waals surface area contributed by atoms with E-state index in [9.17, 15) is 9.59 Å². The minimum absolute atomic E-state index is 0.0353. The number of amides is 2. The molecule has 0 saturated carbocycles. The smallest absolute Gasteiger partial charge is 0.255 e. The highest BCUT2D eigenvalue weighted by Crippen LogP contribution is 2.21. The van der Waals surface area contributed by atoms with Gasteiger partial charge in [-0.15, -0.1) is 0 Å². The molecule has 6 heteroatoms. The number of carbonyl (C=O) groups excluding carboxylic acids is 2. The topological polar surface area (TPSA) is 65.0 Å². The largest absolute Gasteiger partial charge is 0.339 e. The van der Waals surface area contributed by atoms with Gasteiger partial charge in [0.25, 0.3) is 11.8 Å². The molecular weight excluding hydrogens is 352 g/mol. The summed E-state index contributed by atoms with van der Waals surface area (Å²) in [6, 6.07) is 14.4. The van der Waals surface area contributed by atoms with Crippen LogP contribution in [0.5, 0.6) is 0 Å². The Morgan fingerprint density at radius 2 is 1.79 bits per heavy atom. The van der Waals surface area contributed by atoms with Crippen molar-refractivity contribution in [2.45, 2.75) is 27.2 Å². The molecule has 2 amide bonds. The maximum Gasteiger partial charge on any atom is 0.255 e. The van der Waals surface area contributed by atoms with Crippen LogP contribution in [-0.2, 0) is 0 Å². The molecule has 2 aromatic carbocycles. The van der Waals surface area contributed by atoms with Crippen molar-refractivity contribution in [3.05, 3.63) is 59.7 Å². The van der Waals surface area contributed by atoms with Gasteiger partial charge in [-0.3, -0.25) is 14.6 Å². The molecule has 28 heavy (non-hydrogen) atoms. The van der Waals surface area contributed by atoms with E-state index in [4.69, 9.17) is 0 Å². The van der Waals surface area contributed by atoms with Crippen molar-refractivity contribution in [3.8, 4) is 0 Å². The van der Waals surface area contributed by atoms with E-state index in [1.165, 1.54) is 0 Å². The van der Waals surface area contributed by atoms with Gasteiger partial charge < -0.3 is 10.2 Å². The number of carbonyl (C=O) groups is 2. The summed E-state index contributed by atoms with van der Waals surface area (Å²) in [5, 5.41) is 9.29. The van der Waals surface area contributed by atoms with Crippen molar-refractivity contribution in [3.63, 3.8) is 0 Å². The number of benzene rings is 2. The van der Waals surface area contributed by atoms with Crippen LogP contribution in [0.2, 0.25) is 0 Å². The Bertz CT molecular complexity index is 886. The molecule has 1 heterocycles. The van der Waals surface area contributed by atoms with Crippen LogP contribution in [0.25, 0.3) is 0 Å². The average Bonchev–Trinajstić information content (AvgIpc) is 3.15. The molecule has 1 aliphatic rings. The van der Waals surface area contributed by atoms with E-state index in [0.717, 1.165) is 24.4 Å². The Hall–Kier alpha value is -3.15. The minimum atomic E-state index is -0.208. The second kappa shape index (κ2) is 8.69. The molecule has 0 atom stereocenters. The maximum absolute atomic E-state index is 12.6. The maximum atomic E-state index is 12.6. The van der Waals surface area contributed by atoms with Gasteiger partial charge in [0.1, 0.15) is 0 Å². The monoisotopic (exact) mass is 378 g/mol. The van der Waals surface area contributed by atoms with Crippen LogP contribution in [-0.4, -0.2) is 42.1 Å². The van der Waals surface area contributed by atoms with Gasteiger partial charge >= 0.3 is 0 Å². The van der Waals surface area contributed by atoms with Gasteiger partial charge in [-0.2, -0.15) is 5.10 Å². The van der Waals surface area contributed by atoms with E-state index in [1.54, 1.807) is 41.3 Å². The number of rotatable bonds is 6. The summed E-state index contributed by atoms with van der Waals surface area (Å²) in [5.74, 6) is -0.244. The average molecular weight is 378 g/mol. The predicted molar refractivity (Wildman–Crippen MR) is 113 cm³/mol. The first-order chi connectivity index (χ1) is 13.5. The molecule has 0 fully saturated rings. The molecule has 0 spiro atoms. The summed E-state index contributed by atoms with van der Waals surface area (Å²) in [6.07, 6.45) is 0.963. The normalized spacial score (nSPS) is 13.2. The van der Waals surface area contributed by atoms with Crippen molar-refractivity contribution in [2.24, 2.45) is 5.10 Å². The molecule has 0 unspecified atom stereocenters. The fourth-order valence-corrected chi connectivity index (χ4v) is 3.17. The summed E-state index contributed by atoms with van der Waals surface area (Å²) < 4.78 is 0. The summed E-state index contributed by atoms with van der Waals surface area (Å²) in [5.41, 5.74) is 3.82. The van der Waals surface area contributed by atoms with E-state index < -0.39 is 0 Å². The number of hydrogen-bond donors (Lipinski definition) is 1. The lowest BCUT2D eigenvalue weighted by atomic mass is 10.1. The molecule has 1 aliphatic heterocycles. The lowest BCUT2D eigenvalue weighted by Crippen LogP contribution is -2.30. The third-order valence-corrected chi connectivity index (χ3v) is 4.82. The summed E-state index contributed by atoms with van der Waals surface area (Å²) in [4.78, 5) is 26.8. The van der Waals surface area contributed by atoms with Gasteiger partial charge in [0.15, 0.2) is 0 Å². The Morgan fingerprint density at radius 3 is 2.39 bits per heavy atom. The van der Waals surface area contributed by atoms with Crippen LogP contribution in [0.4, 0.5) is 11.4 Å². The third-order valence-electron chi connectivity index (χ3n) is 4.82. The molecule has 0 radical (unpaired) electrons. The van der Waals surface area contributed by atoms with E-state index in [-0.39, 0.29) is 11.8 Å². The van der Waals surface area contributed by atoms with Gasteiger partial charge in [-0.25, -0.2) is 0 Å². The first-order valence-corrected chi connectivity index (χ1v) is 9.64. The van der Waals surface area contributed by atoms with E-state index >= 15 is 0 Å². The van der Waals surface area contributed by atoms with E-state index in [0.29, 0.717) is 29.9 Å². The molecule has 0 bridgehead atoms. The number of nitrogens with one attached hydrogen (secondary N) is 1. The van der Waals surface area contributed by atoms with Crippen LogP contribution >= 0.6 is 0 Å². The van der Waals surface area contributed by atoms with Crippen LogP contribution in [0.1, 0.15) is 47.9 Å². The number of hydrogen-bond acceptors (Lipinski definition) is 4. The fraction of sp³-hybridized carbons (Fsp3) is 0.318. The number of anilines is 2. The zero-order valence-electron chi connectivity index (χ0n) is 16.6. The second-order valence-corrected chi connectivity index (χ2v) is 6.77. The molecule has 6 nitrogen and oxygen atoms in total. The Kier molecular flexibility index (Phi) is 6.09. The molecule has 2 aromatic rings. The van der Waals surface area contributed by atoms with E-state index in [1.807, 2.05) is 37.9 Å². The molecule has 0 saturated heterocycles. The number of hydrazone groups is 1. The predicted octanol–water partition coefficient (Wildman–Crippen LogP) is 4.01. The van der Waals surface area contributed by atoms with E-state index in [2.05, 4.69) is 10.4 Å². The first-order valence-electron chi connectivity index (χ1n) is 9.64. The van der Waals surface area contributed by atoms with Crippen LogP contribution in [0, 0.1) is 0 Å². The summed E-state index contributed by atoms with van der Waals surface area (Å²) in [7, 11) is 0. The highest BCUT2D eigenvalue weighted by atomic mass is 16.2. The molecule has 0 aromatic heterocycles. The second-order valence-electron chi connectivity index (χ2n) is 6.77. The highest BCUT2D eigenvalue weighted by molar-refractivity contribution is 6.05. The van der Waals surface area contributed by atoms with Gasteiger partial charge in [-0.05, 0) is 63.2 Å². The molecular formula is C22H26N4O2. The Balaban J connectivity index is 1.69. The van der Waals surface area contributed by atoms with Gasteiger partial charge in [-0.1, -0.05) is 6.07 Å². The van der Waals surface area contributed by atoms with Crippen molar-refractivity contribution in [2.75, 3.05) is 30.0 Å². The standard InChI is InChI=1S/C22H26N4O2/c1-4-25(5-2)22(28)18-7-6-8-19(15-18)23-21(27)17-9-11-20(12-10-17)26-14-13-16(3)24-26/h6-12,15H,4-5,13-14H2,1-3H3,(H,23,27). The lowest BCUT2D eigenvalue weighted by Gasteiger charge is -2.19. The SMILES string of the molecule is CCN(CC)C(=O)c1cccc(NC(=O)c2ccc(N3CCC(C)=N3)cc2)c1. The minimum Gasteiger partial charge on any atom is -0.339 e. The fourth-order valence-electron chi connectivity index (χ4n) is 3.17. The van der Waals surface area contributed by atoms with Gasteiger partial charge in [0.2, 0.25) is 0 Å². The third kappa shape index (κ3) is 4.39. The van der Waals surface area contributed by atoms with Crippen LogP contribution in [0.15, 0.2) is 53.6 Å². The van der Waals surface area contributed by atoms with Crippen molar-refractivity contribution >= 4 is 28.9 Å². The molecule has 3 rings (SSSR count).